The summed E-state index contributed by atoms with van der Waals surface area (Å²) < 4.78 is 1.73. The molecule has 5 nitrogen and oxygen atoms in total. The maximum atomic E-state index is 13.5. The van der Waals surface area contributed by atoms with Gasteiger partial charge in [-0.1, -0.05) is 57.5 Å². The van der Waals surface area contributed by atoms with Crippen LogP contribution in [0.25, 0.3) is 16.9 Å². The van der Waals surface area contributed by atoms with E-state index in [1.165, 1.54) is 5.56 Å². The number of hydrogen-bond donors (Lipinski definition) is 0. The molecular weight excluding hydrogens is 360 g/mol. The third-order valence-corrected chi connectivity index (χ3v) is 5.83. The number of rotatable bonds is 2. The molecule has 2 aromatic heterocycles. The minimum absolute atomic E-state index is 0.0428. The van der Waals surface area contributed by atoms with Crippen LogP contribution in [0.5, 0.6) is 0 Å². The van der Waals surface area contributed by atoms with Crippen molar-refractivity contribution in [2.75, 3.05) is 13.1 Å². The van der Waals surface area contributed by atoms with Gasteiger partial charge < -0.3 is 4.90 Å². The van der Waals surface area contributed by atoms with Gasteiger partial charge in [-0.25, -0.2) is 9.50 Å². The fourth-order valence-electron chi connectivity index (χ4n) is 3.74. The molecule has 1 aliphatic rings. The molecule has 0 N–H and O–H groups in total. The number of benzene rings is 1. The molecule has 1 aromatic carbocycles. The van der Waals surface area contributed by atoms with Crippen molar-refractivity contribution in [2.24, 2.45) is 5.92 Å². The van der Waals surface area contributed by atoms with Gasteiger partial charge in [0.25, 0.3) is 5.91 Å². The summed E-state index contributed by atoms with van der Waals surface area (Å²) in [7, 11) is 0. The molecule has 0 unspecified atom stereocenters. The van der Waals surface area contributed by atoms with Crippen molar-refractivity contribution < 1.29 is 4.79 Å². The summed E-state index contributed by atoms with van der Waals surface area (Å²) >= 11 is 0. The average Bonchev–Trinajstić information content (AvgIpc) is 3.12. The topological polar surface area (TPSA) is 50.5 Å². The Morgan fingerprint density at radius 1 is 1.07 bits per heavy atom. The lowest BCUT2D eigenvalue weighted by molar-refractivity contribution is 0.0688. The predicted molar refractivity (Wildman–Crippen MR) is 116 cm³/mol. The van der Waals surface area contributed by atoms with Crippen LogP contribution in [0.1, 0.15) is 62.3 Å². The molecule has 5 heteroatoms. The first-order valence-electron chi connectivity index (χ1n) is 10.5. The number of fused-ring (bicyclic) bond motifs is 1. The van der Waals surface area contributed by atoms with E-state index in [1.807, 2.05) is 17.0 Å². The Morgan fingerprint density at radius 2 is 1.72 bits per heavy atom. The van der Waals surface area contributed by atoms with Crippen LogP contribution in [0.2, 0.25) is 0 Å². The molecule has 1 saturated heterocycles. The molecule has 1 aliphatic heterocycles. The van der Waals surface area contributed by atoms with Crippen molar-refractivity contribution in [2.45, 2.75) is 52.9 Å². The van der Waals surface area contributed by atoms with Crippen molar-refractivity contribution in [3.63, 3.8) is 0 Å². The maximum Gasteiger partial charge on any atom is 0.272 e. The molecular formula is C24H30N4O. The number of likely N-dealkylation sites (tertiary alicyclic amines) is 1. The van der Waals surface area contributed by atoms with E-state index >= 15 is 0 Å². The van der Waals surface area contributed by atoms with Crippen LogP contribution < -0.4 is 0 Å². The second kappa shape index (κ2) is 7.29. The Balaban J connectivity index is 1.84. The molecule has 0 aliphatic carbocycles. The highest BCUT2D eigenvalue weighted by atomic mass is 16.2. The van der Waals surface area contributed by atoms with E-state index in [2.05, 4.69) is 58.9 Å². The van der Waals surface area contributed by atoms with Gasteiger partial charge in [0.2, 0.25) is 0 Å². The molecule has 4 rings (SSSR count). The van der Waals surface area contributed by atoms with E-state index in [0.29, 0.717) is 11.6 Å². The van der Waals surface area contributed by atoms with E-state index in [9.17, 15) is 4.79 Å². The SMILES string of the molecule is Cc1ccc(-c2cc(C(=O)N3CCC(C)CC3)n3nc(C(C)(C)C)cc3n2)cc1. The number of nitrogens with zero attached hydrogens (tertiary/aromatic N) is 4. The Labute approximate surface area is 172 Å². The van der Waals surface area contributed by atoms with E-state index in [1.54, 1.807) is 4.52 Å². The van der Waals surface area contributed by atoms with E-state index < -0.39 is 0 Å². The first kappa shape index (κ1) is 19.6. The van der Waals surface area contributed by atoms with Gasteiger partial charge in [0.1, 0.15) is 5.69 Å². The summed E-state index contributed by atoms with van der Waals surface area (Å²) in [4.78, 5) is 20.3. The fraction of sp³-hybridized carbons (Fsp3) is 0.458. The van der Waals surface area contributed by atoms with E-state index in [0.717, 1.165) is 48.5 Å². The van der Waals surface area contributed by atoms with Crippen molar-refractivity contribution in [1.29, 1.82) is 0 Å². The monoisotopic (exact) mass is 390 g/mol. The molecule has 1 fully saturated rings. The zero-order chi connectivity index (χ0) is 20.8. The number of aromatic nitrogens is 3. The Morgan fingerprint density at radius 3 is 2.34 bits per heavy atom. The molecule has 0 bridgehead atoms. The van der Waals surface area contributed by atoms with Gasteiger partial charge in [0.15, 0.2) is 5.65 Å². The molecule has 0 radical (unpaired) electrons. The van der Waals surface area contributed by atoms with Crippen LogP contribution in [0.15, 0.2) is 36.4 Å². The minimum Gasteiger partial charge on any atom is -0.337 e. The van der Waals surface area contributed by atoms with Crippen molar-refractivity contribution in [3.8, 4) is 11.3 Å². The minimum atomic E-state index is -0.113. The molecule has 0 saturated carbocycles. The Bertz CT molecular complexity index is 1040. The summed E-state index contributed by atoms with van der Waals surface area (Å²) in [6.07, 6.45) is 2.11. The molecule has 0 spiro atoms. The van der Waals surface area contributed by atoms with Crippen LogP contribution in [-0.2, 0) is 5.41 Å². The van der Waals surface area contributed by atoms with Gasteiger partial charge >= 0.3 is 0 Å². The molecule has 1 amide bonds. The largest absolute Gasteiger partial charge is 0.337 e. The number of aryl methyl sites for hydroxylation is 1. The molecule has 29 heavy (non-hydrogen) atoms. The maximum absolute atomic E-state index is 13.5. The highest BCUT2D eigenvalue weighted by molar-refractivity contribution is 5.94. The van der Waals surface area contributed by atoms with Crippen molar-refractivity contribution >= 4 is 11.6 Å². The van der Waals surface area contributed by atoms with Gasteiger partial charge in [0, 0.05) is 30.1 Å². The number of piperidine rings is 1. The normalized spacial score (nSPS) is 15.8. The highest BCUT2D eigenvalue weighted by Crippen LogP contribution is 2.26. The molecule has 152 valence electrons. The second-order valence-electron chi connectivity index (χ2n) is 9.42. The zero-order valence-corrected chi connectivity index (χ0v) is 18.1. The van der Waals surface area contributed by atoms with Gasteiger partial charge in [0.05, 0.1) is 11.4 Å². The van der Waals surface area contributed by atoms with Crippen LogP contribution in [0.3, 0.4) is 0 Å². The van der Waals surface area contributed by atoms with Gasteiger partial charge in [-0.3, -0.25) is 4.79 Å². The Hall–Kier alpha value is -2.69. The van der Waals surface area contributed by atoms with Crippen LogP contribution in [0.4, 0.5) is 0 Å². The Kier molecular flexibility index (Phi) is 4.93. The molecule has 3 aromatic rings. The van der Waals surface area contributed by atoms with Gasteiger partial charge in [-0.2, -0.15) is 5.10 Å². The summed E-state index contributed by atoms with van der Waals surface area (Å²) in [5.41, 5.74) is 5.17. The van der Waals surface area contributed by atoms with Gasteiger partial charge in [-0.05, 0) is 31.7 Å². The molecule has 0 atom stereocenters. The van der Waals surface area contributed by atoms with Crippen molar-refractivity contribution in [3.05, 3.63) is 53.3 Å². The first-order chi connectivity index (χ1) is 13.7. The lowest BCUT2D eigenvalue weighted by atomic mass is 9.93. The first-order valence-corrected chi connectivity index (χ1v) is 10.5. The predicted octanol–water partition coefficient (Wildman–Crippen LogP) is 4.87. The summed E-state index contributed by atoms with van der Waals surface area (Å²) in [6.45, 7) is 12.3. The number of hydrogen-bond acceptors (Lipinski definition) is 3. The van der Waals surface area contributed by atoms with E-state index in [4.69, 9.17) is 10.1 Å². The zero-order valence-electron chi connectivity index (χ0n) is 18.1. The number of carbonyl (C=O) groups is 1. The number of carbonyl (C=O) groups excluding carboxylic acids is 1. The second-order valence-corrected chi connectivity index (χ2v) is 9.42. The summed E-state index contributed by atoms with van der Waals surface area (Å²) in [6, 6.07) is 12.2. The molecule has 3 heterocycles. The van der Waals surface area contributed by atoms with Crippen LogP contribution >= 0.6 is 0 Å². The highest BCUT2D eigenvalue weighted by Gasteiger charge is 2.26. The van der Waals surface area contributed by atoms with E-state index in [-0.39, 0.29) is 11.3 Å². The summed E-state index contributed by atoms with van der Waals surface area (Å²) in [5, 5.41) is 4.77. The third-order valence-electron chi connectivity index (χ3n) is 5.83. The van der Waals surface area contributed by atoms with Crippen molar-refractivity contribution in [1.82, 2.24) is 19.5 Å². The van der Waals surface area contributed by atoms with Gasteiger partial charge in [-0.15, -0.1) is 0 Å². The third kappa shape index (κ3) is 3.91. The van der Waals surface area contributed by atoms with Crippen LogP contribution in [-0.4, -0.2) is 38.5 Å². The fourth-order valence-corrected chi connectivity index (χ4v) is 3.74. The number of amides is 1. The summed E-state index contributed by atoms with van der Waals surface area (Å²) in [5.74, 6) is 0.720. The quantitative estimate of drug-likeness (QED) is 0.627. The standard InChI is InChI=1S/C24H30N4O/c1-16-6-8-18(9-7-16)19-14-20(23(29)27-12-10-17(2)11-13-27)28-22(25-19)15-21(26-28)24(3,4)5/h6-9,14-15,17H,10-13H2,1-5H3. The van der Waals surface area contributed by atoms with Crippen LogP contribution in [0, 0.1) is 12.8 Å². The lowest BCUT2D eigenvalue weighted by Crippen LogP contribution is -2.38. The smallest absolute Gasteiger partial charge is 0.272 e. The lowest BCUT2D eigenvalue weighted by Gasteiger charge is -2.30. The average molecular weight is 391 g/mol.